The Labute approximate surface area is 235 Å². The van der Waals surface area contributed by atoms with E-state index >= 15 is 0 Å². The van der Waals surface area contributed by atoms with Gasteiger partial charge < -0.3 is 15.0 Å². The Kier molecular flexibility index (Phi) is 9.05. The topological polar surface area (TPSA) is 82.2 Å². The molecule has 1 fully saturated rings. The van der Waals surface area contributed by atoms with Gasteiger partial charge >= 0.3 is 18.2 Å². The molecule has 0 radical (unpaired) electrons. The number of carbonyl (C=O) groups is 3. The summed E-state index contributed by atoms with van der Waals surface area (Å²) in [6, 6.07) is 9.58. The molecule has 0 aliphatic carbocycles. The highest BCUT2D eigenvalue weighted by molar-refractivity contribution is 6.30. The summed E-state index contributed by atoms with van der Waals surface area (Å²) < 4.78 is 44.8. The first kappa shape index (κ1) is 29.4. The Hall–Kier alpha value is -3.57. The third-order valence-electron chi connectivity index (χ3n) is 6.95. The van der Waals surface area contributed by atoms with Crippen molar-refractivity contribution in [2.45, 2.75) is 26.1 Å². The number of ether oxygens (including phenoxy) is 1. The maximum atomic E-state index is 13.2. The molecule has 0 saturated carbocycles. The van der Waals surface area contributed by atoms with Gasteiger partial charge in [0.05, 0.1) is 23.8 Å². The number of likely N-dealkylation sites (N-methyl/N-ethyl adjacent to an activating group) is 1. The molecule has 2 aliphatic heterocycles. The predicted octanol–water partition coefficient (Wildman–Crippen LogP) is 4.72. The number of rotatable bonds is 7. The van der Waals surface area contributed by atoms with E-state index in [9.17, 15) is 27.6 Å². The van der Waals surface area contributed by atoms with Gasteiger partial charge in [0.25, 0.3) is 5.91 Å². The third kappa shape index (κ3) is 6.42. The molecule has 1 saturated heterocycles. The highest BCUT2D eigenvalue weighted by Crippen LogP contribution is 2.35. The van der Waals surface area contributed by atoms with Crippen LogP contribution >= 0.6 is 11.6 Å². The molecule has 4 rings (SSSR count). The van der Waals surface area contributed by atoms with Crippen molar-refractivity contribution >= 4 is 29.5 Å². The van der Waals surface area contributed by atoms with Crippen LogP contribution in [0, 0.1) is 0 Å². The van der Waals surface area contributed by atoms with Gasteiger partial charge in [-0.25, -0.2) is 9.59 Å². The Morgan fingerprint density at radius 1 is 1.00 bits per heavy atom. The van der Waals surface area contributed by atoms with Crippen molar-refractivity contribution < 1.29 is 32.3 Å². The van der Waals surface area contributed by atoms with Crippen molar-refractivity contribution in [3.63, 3.8) is 0 Å². The van der Waals surface area contributed by atoms with E-state index in [2.05, 4.69) is 5.32 Å². The van der Waals surface area contributed by atoms with Crippen LogP contribution in [0.25, 0.3) is 0 Å². The Balaban J connectivity index is 1.60. The molecule has 2 aliphatic rings. The lowest BCUT2D eigenvalue weighted by atomic mass is 9.93. The van der Waals surface area contributed by atoms with Gasteiger partial charge in [0, 0.05) is 55.6 Å². The molecule has 3 amide bonds. The van der Waals surface area contributed by atoms with Crippen LogP contribution in [0.15, 0.2) is 59.8 Å². The first-order valence-electron chi connectivity index (χ1n) is 13.0. The molecule has 0 aromatic heterocycles. The van der Waals surface area contributed by atoms with E-state index in [1.807, 2.05) is 4.90 Å². The van der Waals surface area contributed by atoms with Crippen LogP contribution < -0.4 is 5.32 Å². The highest BCUT2D eigenvalue weighted by atomic mass is 35.5. The van der Waals surface area contributed by atoms with Gasteiger partial charge in [-0.05, 0) is 55.8 Å². The second kappa shape index (κ2) is 12.3. The fraction of sp³-hybridized carbons (Fsp3) is 0.393. The van der Waals surface area contributed by atoms with Crippen molar-refractivity contribution in [2.24, 2.45) is 0 Å². The van der Waals surface area contributed by atoms with Crippen molar-refractivity contribution in [1.82, 2.24) is 20.0 Å². The number of urea groups is 1. The van der Waals surface area contributed by atoms with Gasteiger partial charge in [-0.2, -0.15) is 13.2 Å². The van der Waals surface area contributed by atoms with E-state index < -0.39 is 29.8 Å². The zero-order chi connectivity index (χ0) is 29.0. The van der Waals surface area contributed by atoms with E-state index in [1.165, 1.54) is 17.0 Å². The second-order valence-corrected chi connectivity index (χ2v) is 9.84. The quantitative estimate of drug-likeness (QED) is 0.481. The van der Waals surface area contributed by atoms with Gasteiger partial charge in [-0.3, -0.25) is 14.6 Å². The minimum absolute atomic E-state index is 0.0842. The lowest BCUT2D eigenvalue weighted by Crippen LogP contribution is -2.53. The number of piperazine rings is 1. The van der Waals surface area contributed by atoms with E-state index in [4.69, 9.17) is 16.3 Å². The minimum Gasteiger partial charge on any atom is -0.463 e. The van der Waals surface area contributed by atoms with Crippen LogP contribution in [0.4, 0.5) is 18.0 Å². The Morgan fingerprint density at radius 2 is 1.62 bits per heavy atom. The molecule has 1 atom stereocenters. The molecular weight excluding hydrogens is 549 g/mol. The fourth-order valence-corrected chi connectivity index (χ4v) is 4.99. The number of esters is 1. The molecule has 12 heteroatoms. The summed E-state index contributed by atoms with van der Waals surface area (Å²) in [5.41, 5.74) is 0.623. The number of carbonyl (C=O) groups excluding carboxylic acids is 3. The van der Waals surface area contributed by atoms with E-state index in [-0.39, 0.29) is 31.2 Å². The Bertz CT molecular complexity index is 1270. The molecule has 8 nitrogen and oxygen atoms in total. The molecule has 40 heavy (non-hydrogen) atoms. The Morgan fingerprint density at radius 3 is 2.17 bits per heavy atom. The SMILES string of the molecule is CCOC(=O)C1=C(CN2CCN(C(=O)c3ccc(Cl)cc3)CC2)N(CC)C(=O)NC1c1ccc(C(F)(F)F)cc1. The monoisotopic (exact) mass is 578 g/mol. The number of amides is 3. The lowest BCUT2D eigenvalue weighted by Gasteiger charge is -2.40. The van der Waals surface area contributed by atoms with Crippen molar-refractivity contribution in [3.8, 4) is 0 Å². The normalized spacial score (nSPS) is 18.6. The minimum atomic E-state index is -4.52. The van der Waals surface area contributed by atoms with Crippen LogP contribution in [0.2, 0.25) is 5.02 Å². The summed E-state index contributed by atoms with van der Waals surface area (Å²) in [4.78, 5) is 44.5. The van der Waals surface area contributed by atoms with Crippen molar-refractivity contribution in [1.29, 1.82) is 0 Å². The zero-order valence-electron chi connectivity index (χ0n) is 22.1. The number of nitrogens with one attached hydrogen (secondary N) is 1. The summed E-state index contributed by atoms with van der Waals surface area (Å²) >= 11 is 5.93. The molecule has 1 N–H and O–H groups in total. The third-order valence-corrected chi connectivity index (χ3v) is 7.20. The van der Waals surface area contributed by atoms with Gasteiger partial charge in [-0.1, -0.05) is 23.7 Å². The molecule has 2 aromatic carbocycles. The zero-order valence-corrected chi connectivity index (χ0v) is 22.9. The van der Waals surface area contributed by atoms with Gasteiger partial charge in [0.2, 0.25) is 0 Å². The number of benzene rings is 2. The van der Waals surface area contributed by atoms with Crippen LogP contribution in [0.3, 0.4) is 0 Å². The molecule has 1 unspecified atom stereocenters. The van der Waals surface area contributed by atoms with Crippen molar-refractivity contribution in [3.05, 3.63) is 81.5 Å². The summed E-state index contributed by atoms with van der Waals surface area (Å²) in [6.45, 7) is 5.83. The fourth-order valence-electron chi connectivity index (χ4n) is 4.87. The summed E-state index contributed by atoms with van der Waals surface area (Å²) in [5, 5.41) is 3.30. The summed E-state index contributed by atoms with van der Waals surface area (Å²) in [7, 11) is 0. The summed E-state index contributed by atoms with van der Waals surface area (Å²) in [5.74, 6) is -0.769. The van der Waals surface area contributed by atoms with E-state index in [0.717, 1.165) is 12.1 Å². The maximum Gasteiger partial charge on any atom is 0.416 e. The van der Waals surface area contributed by atoms with Crippen LogP contribution in [0.5, 0.6) is 0 Å². The summed E-state index contributed by atoms with van der Waals surface area (Å²) in [6.07, 6.45) is -4.52. The number of alkyl halides is 3. The average molecular weight is 579 g/mol. The van der Waals surface area contributed by atoms with Gasteiger partial charge in [0.15, 0.2) is 0 Å². The molecule has 2 heterocycles. The van der Waals surface area contributed by atoms with Crippen LogP contribution in [-0.2, 0) is 15.7 Å². The molecular formula is C28H30ClF3N4O4. The highest BCUT2D eigenvalue weighted by Gasteiger charge is 2.39. The molecule has 2 aromatic rings. The maximum absolute atomic E-state index is 13.2. The standard InChI is InChI=1S/C28H30ClF3N4O4/c1-3-36-22(17-34-13-15-35(16-14-34)25(37)19-7-11-21(29)12-8-19)23(26(38)40-4-2)24(33-27(36)39)18-5-9-20(10-6-18)28(30,31)32/h5-12,24H,3-4,13-17H2,1-2H3,(H,33,39). The largest absolute Gasteiger partial charge is 0.463 e. The lowest BCUT2D eigenvalue weighted by molar-refractivity contribution is -0.139. The first-order chi connectivity index (χ1) is 19.0. The van der Waals surface area contributed by atoms with E-state index in [1.54, 1.807) is 43.0 Å². The van der Waals surface area contributed by atoms with Crippen LogP contribution in [0.1, 0.15) is 41.4 Å². The average Bonchev–Trinajstić information content (AvgIpc) is 2.93. The van der Waals surface area contributed by atoms with E-state index in [0.29, 0.717) is 48.0 Å². The second-order valence-electron chi connectivity index (χ2n) is 9.40. The van der Waals surface area contributed by atoms with Crippen LogP contribution in [-0.4, -0.2) is 78.5 Å². The molecule has 0 bridgehead atoms. The number of nitrogens with zero attached hydrogens (tertiary/aromatic N) is 3. The number of hydrogen-bond acceptors (Lipinski definition) is 5. The predicted molar refractivity (Wildman–Crippen MR) is 143 cm³/mol. The van der Waals surface area contributed by atoms with Gasteiger partial charge in [-0.15, -0.1) is 0 Å². The number of hydrogen-bond donors (Lipinski definition) is 1. The smallest absolute Gasteiger partial charge is 0.416 e. The molecule has 214 valence electrons. The first-order valence-corrected chi connectivity index (χ1v) is 13.3. The molecule has 0 spiro atoms. The number of halogens is 4. The van der Waals surface area contributed by atoms with Gasteiger partial charge in [0.1, 0.15) is 0 Å². The van der Waals surface area contributed by atoms with Crippen molar-refractivity contribution in [2.75, 3.05) is 45.9 Å².